The van der Waals surface area contributed by atoms with Crippen LogP contribution in [-0.4, -0.2) is 140 Å². The molecular weight excluding hydrogens is 1450 g/mol. The van der Waals surface area contributed by atoms with Crippen LogP contribution in [-0.2, 0) is 81.8 Å². The molecule has 8 rings (SSSR count). The highest BCUT2D eigenvalue weighted by Gasteiger charge is 2.46. The van der Waals surface area contributed by atoms with E-state index in [0.717, 1.165) is 41.0 Å². The summed E-state index contributed by atoms with van der Waals surface area (Å²) in [5.74, 6) is -1.01. The quantitative estimate of drug-likeness (QED) is 0.00328. The first-order chi connectivity index (χ1) is 48.1. The van der Waals surface area contributed by atoms with Crippen LogP contribution in [0.2, 0.25) is 0 Å². The number of nitrogens with zero attached hydrogens (tertiary/aromatic N) is 3. The molecule has 4 amide bonds. The number of carbonyl (C=O) groups excluding carboxylic acids is 5. The summed E-state index contributed by atoms with van der Waals surface area (Å²) in [5, 5.41) is 13.2. The first-order valence-corrected chi connectivity index (χ1v) is 42.7. The first-order valence-electron chi connectivity index (χ1n) is 33.6. The zero-order chi connectivity index (χ0) is 74.5. The zero-order valence-corrected chi connectivity index (χ0v) is 63.5. The molecule has 4 aromatic carbocycles. The predicted molar refractivity (Wildman–Crippen MR) is 395 cm³/mol. The maximum atomic E-state index is 14.1. The lowest BCUT2D eigenvalue weighted by Crippen LogP contribution is -2.46. The highest BCUT2D eigenvalue weighted by molar-refractivity contribution is 8.76. The van der Waals surface area contributed by atoms with E-state index in [9.17, 15) is 75.9 Å². The number of cyclic esters (lactones) is 1. The van der Waals surface area contributed by atoms with Gasteiger partial charge >= 0.3 is 5.97 Å². The van der Waals surface area contributed by atoms with Crippen molar-refractivity contribution in [2.75, 3.05) is 36.0 Å². The average molecular weight is 1540 g/mol. The second-order valence-corrected chi connectivity index (χ2v) is 35.1. The smallest absolute Gasteiger partial charge is 0.329 e. The Morgan fingerprint density at radius 2 is 1.44 bits per heavy atom. The monoisotopic (exact) mass is 1540 g/mol. The van der Waals surface area contributed by atoms with E-state index in [1.165, 1.54) is 55.3 Å². The number of fused-ring (bicyclic) bond motifs is 8. The topological polar surface area (TPSA) is 382 Å². The van der Waals surface area contributed by atoms with Crippen molar-refractivity contribution in [2.24, 2.45) is 0 Å². The Morgan fingerprint density at radius 1 is 0.775 bits per heavy atom. The van der Waals surface area contributed by atoms with Crippen molar-refractivity contribution in [1.82, 2.24) is 26.3 Å². The van der Waals surface area contributed by atoms with E-state index in [2.05, 4.69) is 33.2 Å². The Morgan fingerprint density at radius 3 is 2.12 bits per heavy atom. The van der Waals surface area contributed by atoms with E-state index in [-0.39, 0.29) is 71.2 Å². The number of allylic oxidation sites excluding steroid dienone is 8. The SMILES string of the molecule is C/C=C1\NC(=O)c2csc(n2)CNC(=O)C[C@@H](/C=C/CCSSCCCCCCC)OC(=O)[C@H](CCCCNC(=O)CCCCC[N+]2=C(/C=C/C=C/C=C3/N(CC)c4ccc5c(S(=O)(=O)O)cc(S(=O)(=O)O)cc5c4C3(C)C)C(C)(C)c3c2ccc2c(S(=O)(=O)[O-])cc(S(=O)(=O)O)cc32)NC1=O. The molecule has 3 aliphatic rings. The number of aromatic nitrogens is 1. The number of rotatable bonds is 30. The Balaban J connectivity index is 0.953. The van der Waals surface area contributed by atoms with Gasteiger partial charge in [-0.3, -0.25) is 32.8 Å². The Labute approximate surface area is 608 Å². The lowest BCUT2D eigenvalue weighted by molar-refractivity contribution is -0.438. The number of amides is 4. The number of hydrogen-bond donors (Lipinski definition) is 7. The van der Waals surface area contributed by atoms with Crippen molar-refractivity contribution in [3.05, 3.63) is 136 Å². The molecule has 25 nitrogen and oxygen atoms in total. The maximum Gasteiger partial charge on any atom is 0.329 e. The summed E-state index contributed by atoms with van der Waals surface area (Å²) in [6.45, 7) is 14.0. The molecule has 4 heterocycles. The number of nitrogens with one attached hydrogen (secondary N) is 4. The van der Waals surface area contributed by atoms with Crippen LogP contribution in [0.3, 0.4) is 0 Å². The third-order valence-electron chi connectivity index (χ3n) is 17.9. The highest BCUT2D eigenvalue weighted by Crippen LogP contribution is 2.52. The van der Waals surface area contributed by atoms with Gasteiger partial charge in [-0.2, -0.15) is 29.8 Å². The van der Waals surface area contributed by atoms with Gasteiger partial charge in [-0.05, 0) is 138 Å². The Bertz CT molecular complexity index is 4710. The molecule has 0 saturated carbocycles. The molecule has 7 N–H and O–H groups in total. The van der Waals surface area contributed by atoms with Gasteiger partial charge in [0.15, 0.2) is 5.71 Å². The van der Waals surface area contributed by atoms with Crippen molar-refractivity contribution in [3.63, 3.8) is 0 Å². The van der Waals surface area contributed by atoms with Gasteiger partial charge in [-0.25, -0.2) is 18.2 Å². The lowest BCUT2D eigenvalue weighted by atomic mass is 9.79. The molecule has 0 aliphatic carbocycles. The molecule has 0 saturated heterocycles. The molecule has 0 radical (unpaired) electrons. The van der Waals surface area contributed by atoms with E-state index in [4.69, 9.17) is 4.74 Å². The van der Waals surface area contributed by atoms with Crippen LogP contribution in [0.1, 0.15) is 165 Å². The lowest BCUT2D eigenvalue weighted by Gasteiger charge is -2.26. The number of unbranched alkanes of at least 4 members (excludes halogenated alkanes) is 7. The molecule has 0 spiro atoms. The summed E-state index contributed by atoms with van der Waals surface area (Å²) >= 11 is 1.16. The minimum atomic E-state index is -5.29. The fraction of sp³-hybridized carbons (Fsp3) is 0.443. The van der Waals surface area contributed by atoms with E-state index < -0.39 is 107 Å². The number of hydrogen-bond acceptors (Lipinski definition) is 20. The fourth-order valence-electron chi connectivity index (χ4n) is 12.9. The van der Waals surface area contributed by atoms with Crippen LogP contribution >= 0.6 is 32.9 Å². The Hall–Kier alpha value is -7.11. The molecule has 2 bridgehead atoms. The second kappa shape index (κ2) is 34.7. The van der Waals surface area contributed by atoms with Gasteiger partial charge in [0.2, 0.25) is 17.5 Å². The summed E-state index contributed by atoms with van der Waals surface area (Å²) in [5.41, 5.74) is 1.54. The van der Waals surface area contributed by atoms with Crippen molar-refractivity contribution in [3.8, 4) is 0 Å². The molecular formula is C70H87N7O18S7. The molecule has 32 heteroatoms. The van der Waals surface area contributed by atoms with Crippen LogP contribution in [0.5, 0.6) is 0 Å². The van der Waals surface area contributed by atoms with Gasteiger partial charge in [-0.15, -0.1) is 11.3 Å². The number of thiazole rings is 1. The summed E-state index contributed by atoms with van der Waals surface area (Å²) in [6, 6.07) is 8.62. The van der Waals surface area contributed by atoms with E-state index in [1.54, 1.807) is 54.2 Å². The number of carbonyl (C=O) groups is 5. The average Bonchev–Trinajstić information content (AvgIpc) is 1.54. The molecule has 0 unspecified atom stereocenters. The van der Waals surface area contributed by atoms with Gasteiger partial charge in [-0.1, -0.05) is 104 Å². The van der Waals surface area contributed by atoms with Gasteiger partial charge in [0.1, 0.15) is 50.1 Å². The largest absolute Gasteiger partial charge is 0.744 e. The van der Waals surface area contributed by atoms with Crippen molar-refractivity contribution < 1.29 is 85.2 Å². The Kier molecular flexibility index (Phi) is 27.4. The van der Waals surface area contributed by atoms with Gasteiger partial charge < -0.3 is 35.5 Å². The minimum Gasteiger partial charge on any atom is -0.744 e. The van der Waals surface area contributed by atoms with Gasteiger partial charge in [0.05, 0.1) is 33.1 Å². The summed E-state index contributed by atoms with van der Waals surface area (Å²) in [6.07, 6.45) is 21.8. The third kappa shape index (κ3) is 20.0. The van der Waals surface area contributed by atoms with Gasteiger partial charge in [0.25, 0.3) is 42.2 Å². The number of likely N-dealkylation sites (N-methyl/N-ethyl adjacent to an activating group) is 1. The summed E-state index contributed by atoms with van der Waals surface area (Å²) in [7, 11) is -16.7. The summed E-state index contributed by atoms with van der Waals surface area (Å²) < 4.78 is 152. The number of esters is 1. The standard InChI is InChI=1S/C70H87N7O18S7/c1-8-11-12-13-23-36-97-98-37-24-20-25-45-38-62(79)72-43-63-73-54(44-96-63)67(81)74-52(9-2)66(80)75-53(68(82)95-45)26-19-21-34-71-61(78)29-18-15-22-35-77-56-33-31-49-51(40-47(100(86,87)88)42-58(49)102(92,93)94)65(56)70(6,7)60(77)28-17-14-16-27-59-69(4,5)64-50-39-46(99(83,84)85)41-57(101(89,90)91)48(50)30-32-55(64)76(59)10-3/h9,14,16-17,20,25,27-28,30-33,39-42,44-45,53H,8,10-13,15,18-19,21-24,26,29,34-38,43H2,1-7H3,(H7-,71,72,74,75,78,79,80,81,83,84,85,86,87,88,89,90,91,92,93,94)/b25-20+,52-9-/t45-,53+/m1/s1. The van der Waals surface area contributed by atoms with Crippen LogP contribution in [0, 0.1) is 0 Å². The number of anilines is 1. The molecule has 5 aromatic rings. The normalized spacial score (nSPS) is 18.6. The molecule has 552 valence electrons. The molecule has 2 atom stereocenters. The van der Waals surface area contributed by atoms with E-state index in [0.29, 0.717) is 97.0 Å². The fourth-order valence-corrected chi connectivity index (χ4v) is 18.5. The van der Waals surface area contributed by atoms with Crippen molar-refractivity contribution >= 4 is 142 Å². The molecule has 102 heavy (non-hydrogen) atoms. The highest BCUT2D eigenvalue weighted by atomic mass is 33.1. The summed E-state index contributed by atoms with van der Waals surface area (Å²) in [4.78, 5) is 70.8. The van der Waals surface area contributed by atoms with Crippen LogP contribution in [0.15, 0.2) is 133 Å². The van der Waals surface area contributed by atoms with Crippen molar-refractivity contribution in [2.45, 2.75) is 187 Å². The zero-order valence-electron chi connectivity index (χ0n) is 57.8. The molecule has 3 aliphatic heterocycles. The maximum absolute atomic E-state index is 14.1. The first kappa shape index (κ1) is 80.6. The van der Waals surface area contributed by atoms with Gasteiger partial charge in [0, 0.05) is 88.1 Å². The molecule has 1 aromatic heterocycles. The minimum absolute atomic E-state index is 0.0285. The predicted octanol–water partition coefficient (Wildman–Crippen LogP) is 11.2. The molecule has 0 fully saturated rings. The van der Waals surface area contributed by atoms with Crippen LogP contribution in [0.25, 0.3) is 21.5 Å². The van der Waals surface area contributed by atoms with E-state index >= 15 is 0 Å². The van der Waals surface area contributed by atoms with Crippen molar-refractivity contribution in [1.29, 1.82) is 0 Å². The second-order valence-electron chi connectivity index (χ2n) is 25.9. The van der Waals surface area contributed by atoms with Crippen LogP contribution in [0.4, 0.5) is 11.4 Å². The third-order valence-corrected chi connectivity index (χ3v) is 24.7. The van der Waals surface area contributed by atoms with E-state index in [1.807, 2.05) is 73.1 Å². The number of benzene rings is 4. The van der Waals surface area contributed by atoms with Crippen LogP contribution < -0.4 is 26.2 Å². The number of ether oxygens (including phenoxy) is 1.